The van der Waals surface area contributed by atoms with Gasteiger partial charge in [0.05, 0.1) is 18.8 Å². The van der Waals surface area contributed by atoms with Gasteiger partial charge in [-0.05, 0) is 54.3 Å². The van der Waals surface area contributed by atoms with Gasteiger partial charge >= 0.3 is 0 Å². The average molecular weight is 468 g/mol. The summed E-state index contributed by atoms with van der Waals surface area (Å²) in [7, 11) is 0. The Bertz CT molecular complexity index is 1240. The molecule has 0 spiro atoms. The van der Waals surface area contributed by atoms with E-state index in [4.69, 9.17) is 9.47 Å². The van der Waals surface area contributed by atoms with E-state index in [9.17, 15) is 14.4 Å². The van der Waals surface area contributed by atoms with E-state index in [2.05, 4.69) is 5.32 Å². The number of imide groups is 1. The molecule has 0 fully saturated rings. The van der Waals surface area contributed by atoms with Crippen LogP contribution in [0.15, 0.2) is 91.0 Å². The Labute approximate surface area is 203 Å². The van der Waals surface area contributed by atoms with Crippen molar-refractivity contribution in [3.8, 4) is 11.5 Å². The third-order valence-electron chi connectivity index (χ3n) is 5.36. The molecule has 0 unspecified atom stereocenters. The molecule has 35 heavy (non-hydrogen) atoms. The van der Waals surface area contributed by atoms with E-state index >= 15 is 0 Å². The Morgan fingerprint density at radius 2 is 1.37 bits per heavy atom. The van der Waals surface area contributed by atoms with Gasteiger partial charge in [-0.3, -0.25) is 19.7 Å². The number of ketones is 1. The summed E-state index contributed by atoms with van der Waals surface area (Å²) in [6.07, 6.45) is 6.33. The van der Waals surface area contributed by atoms with E-state index in [0.29, 0.717) is 35.7 Å². The van der Waals surface area contributed by atoms with E-state index in [-0.39, 0.29) is 11.7 Å². The summed E-state index contributed by atoms with van der Waals surface area (Å²) in [6.45, 7) is 1.12. The predicted octanol–water partition coefficient (Wildman–Crippen LogP) is 4.86. The lowest BCUT2D eigenvalue weighted by Gasteiger charge is -2.09. The van der Waals surface area contributed by atoms with Gasteiger partial charge < -0.3 is 9.47 Å². The number of unbranched alkanes of at least 4 members (excludes halogenated alkanes) is 1. The van der Waals surface area contributed by atoms with Crippen molar-refractivity contribution in [1.82, 2.24) is 5.32 Å². The first-order valence-electron chi connectivity index (χ1n) is 11.4. The van der Waals surface area contributed by atoms with Crippen LogP contribution in [0.3, 0.4) is 0 Å². The third kappa shape index (κ3) is 6.77. The molecule has 1 aliphatic heterocycles. The summed E-state index contributed by atoms with van der Waals surface area (Å²) in [4.78, 5) is 35.1. The van der Waals surface area contributed by atoms with Crippen LogP contribution in [0.1, 0.15) is 34.3 Å². The molecule has 3 aromatic rings. The van der Waals surface area contributed by atoms with Crippen molar-refractivity contribution >= 4 is 29.2 Å². The van der Waals surface area contributed by atoms with Gasteiger partial charge in [0, 0.05) is 11.6 Å². The smallest absolute Gasteiger partial charge is 0.258 e. The molecule has 6 nitrogen and oxygen atoms in total. The number of carbonyl (C=O) groups is 3. The number of benzene rings is 3. The van der Waals surface area contributed by atoms with Crippen LogP contribution in [0.25, 0.3) is 11.6 Å². The lowest BCUT2D eigenvalue weighted by Crippen LogP contribution is -2.21. The fourth-order valence-electron chi connectivity index (χ4n) is 3.49. The number of ether oxygens (including phenoxy) is 2. The van der Waals surface area contributed by atoms with Gasteiger partial charge in [0.25, 0.3) is 11.8 Å². The van der Waals surface area contributed by atoms with E-state index < -0.39 is 5.91 Å². The summed E-state index contributed by atoms with van der Waals surface area (Å²) < 4.78 is 11.5. The van der Waals surface area contributed by atoms with Gasteiger partial charge in [-0.15, -0.1) is 0 Å². The minimum Gasteiger partial charge on any atom is -0.494 e. The average Bonchev–Trinajstić information content (AvgIpc) is 3.23. The van der Waals surface area contributed by atoms with Crippen LogP contribution in [-0.4, -0.2) is 30.8 Å². The Morgan fingerprint density at radius 1 is 0.771 bits per heavy atom. The maximum absolute atomic E-state index is 12.1. The molecule has 1 aliphatic rings. The van der Waals surface area contributed by atoms with Crippen LogP contribution in [0.5, 0.6) is 11.5 Å². The van der Waals surface area contributed by atoms with Crippen molar-refractivity contribution in [2.75, 3.05) is 13.2 Å². The van der Waals surface area contributed by atoms with Crippen LogP contribution in [0.2, 0.25) is 0 Å². The van der Waals surface area contributed by atoms with Gasteiger partial charge in [0.2, 0.25) is 0 Å². The largest absolute Gasteiger partial charge is 0.494 e. The first kappa shape index (κ1) is 23.7. The highest BCUT2D eigenvalue weighted by Gasteiger charge is 2.21. The first-order chi connectivity index (χ1) is 17.1. The topological polar surface area (TPSA) is 81.7 Å². The van der Waals surface area contributed by atoms with E-state index in [1.165, 1.54) is 6.08 Å². The molecule has 6 heteroatoms. The SMILES string of the molecule is O=C1C=C(c2ccc(OCCCCOc3ccc(C=CC(=O)c4ccccc4)cc3)cc2)C(=O)N1. The number of carbonyl (C=O) groups excluding carboxylic acids is 3. The Hall–Kier alpha value is -4.45. The van der Waals surface area contributed by atoms with Crippen molar-refractivity contribution in [2.24, 2.45) is 0 Å². The molecule has 0 saturated carbocycles. The van der Waals surface area contributed by atoms with Crippen molar-refractivity contribution < 1.29 is 23.9 Å². The van der Waals surface area contributed by atoms with Gasteiger partial charge in [0.15, 0.2) is 5.78 Å². The molecule has 0 aliphatic carbocycles. The maximum Gasteiger partial charge on any atom is 0.258 e. The molecular formula is C29H25NO5. The lowest BCUT2D eigenvalue weighted by molar-refractivity contribution is -0.123. The van der Waals surface area contributed by atoms with E-state index in [1.807, 2.05) is 42.5 Å². The normalized spacial score (nSPS) is 13.0. The lowest BCUT2D eigenvalue weighted by atomic mass is 10.1. The zero-order chi connectivity index (χ0) is 24.5. The second kappa shape index (κ2) is 11.6. The van der Waals surface area contributed by atoms with Gasteiger partial charge in [-0.25, -0.2) is 0 Å². The minimum atomic E-state index is -0.393. The molecule has 176 valence electrons. The standard InChI is InChI=1S/C29H25NO5/c31-27(23-6-2-1-3-7-23)17-10-21-8-13-24(14-9-21)34-18-4-5-19-35-25-15-11-22(12-16-25)26-20-28(32)30-29(26)33/h1-3,6-17,20H,4-5,18-19H2,(H,30,32,33). The van der Waals surface area contributed by atoms with Crippen LogP contribution in [-0.2, 0) is 9.59 Å². The molecule has 3 aromatic carbocycles. The summed E-state index contributed by atoms with van der Waals surface area (Å²) in [6, 6.07) is 23.9. The van der Waals surface area contributed by atoms with E-state index in [0.717, 1.165) is 24.2 Å². The molecule has 0 aromatic heterocycles. The molecule has 1 N–H and O–H groups in total. The number of hydrogen-bond acceptors (Lipinski definition) is 5. The highest BCUT2D eigenvalue weighted by atomic mass is 16.5. The maximum atomic E-state index is 12.1. The molecule has 0 atom stereocenters. The van der Waals surface area contributed by atoms with Crippen molar-refractivity contribution in [1.29, 1.82) is 0 Å². The molecular weight excluding hydrogens is 442 g/mol. The number of nitrogens with one attached hydrogen (secondary N) is 1. The number of hydrogen-bond donors (Lipinski definition) is 1. The number of rotatable bonds is 11. The molecule has 0 radical (unpaired) electrons. The van der Waals surface area contributed by atoms with Crippen molar-refractivity contribution in [2.45, 2.75) is 12.8 Å². The Kier molecular flexibility index (Phi) is 7.86. The number of allylic oxidation sites excluding steroid dienone is 1. The fourth-order valence-corrected chi connectivity index (χ4v) is 3.49. The van der Waals surface area contributed by atoms with Crippen LogP contribution in [0, 0.1) is 0 Å². The summed E-state index contributed by atoms with van der Waals surface area (Å²) in [5.41, 5.74) is 2.64. The second-order valence-corrected chi connectivity index (χ2v) is 7.94. The third-order valence-corrected chi connectivity index (χ3v) is 5.36. The van der Waals surface area contributed by atoms with Gasteiger partial charge in [-0.2, -0.15) is 0 Å². The quantitative estimate of drug-likeness (QED) is 0.189. The monoisotopic (exact) mass is 467 g/mol. The van der Waals surface area contributed by atoms with E-state index in [1.54, 1.807) is 48.6 Å². The molecule has 0 bridgehead atoms. The molecule has 1 heterocycles. The highest BCUT2D eigenvalue weighted by molar-refractivity contribution is 6.33. The van der Waals surface area contributed by atoms with Crippen LogP contribution < -0.4 is 14.8 Å². The summed E-state index contributed by atoms with van der Waals surface area (Å²) in [5.74, 6) is 0.675. The summed E-state index contributed by atoms with van der Waals surface area (Å²) in [5, 5.41) is 2.23. The minimum absolute atomic E-state index is 0.0285. The summed E-state index contributed by atoms with van der Waals surface area (Å²) >= 11 is 0. The molecule has 0 saturated heterocycles. The fraction of sp³-hybridized carbons (Fsp3) is 0.138. The molecule has 2 amide bonds. The van der Waals surface area contributed by atoms with Crippen LogP contribution >= 0.6 is 0 Å². The molecule has 4 rings (SSSR count). The Balaban J connectivity index is 1.14. The zero-order valence-corrected chi connectivity index (χ0v) is 19.1. The van der Waals surface area contributed by atoms with Crippen molar-refractivity contribution in [3.05, 3.63) is 108 Å². The first-order valence-corrected chi connectivity index (χ1v) is 11.4. The predicted molar refractivity (Wildman–Crippen MR) is 134 cm³/mol. The highest BCUT2D eigenvalue weighted by Crippen LogP contribution is 2.21. The van der Waals surface area contributed by atoms with Gasteiger partial charge in [-0.1, -0.05) is 60.7 Å². The van der Waals surface area contributed by atoms with Crippen LogP contribution in [0.4, 0.5) is 0 Å². The number of amides is 2. The van der Waals surface area contributed by atoms with Gasteiger partial charge in [0.1, 0.15) is 11.5 Å². The second-order valence-electron chi connectivity index (χ2n) is 7.94. The van der Waals surface area contributed by atoms with Crippen molar-refractivity contribution in [3.63, 3.8) is 0 Å². The Morgan fingerprint density at radius 3 is 1.94 bits per heavy atom. The zero-order valence-electron chi connectivity index (χ0n) is 19.1.